The first-order chi connectivity index (χ1) is 9.07. The second-order valence-corrected chi connectivity index (χ2v) is 5.91. The van der Waals surface area contributed by atoms with Crippen molar-refractivity contribution in [3.05, 3.63) is 22.3 Å². The van der Waals surface area contributed by atoms with E-state index in [9.17, 15) is 5.11 Å². The van der Waals surface area contributed by atoms with Gasteiger partial charge in [0.25, 0.3) is 5.97 Å². The maximum absolute atomic E-state index is 10.0. The zero-order chi connectivity index (χ0) is 15.7. The average Bonchev–Trinajstić information content (AvgIpc) is 2.32. The lowest BCUT2D eigenvalue weighted by Gasteiger charge is -2.35. The van der Waals surface area contributed by atoms with Gasteiger partial charge in [0.15, 0.2) is 0 Å². The van der Waals surface area contributed by atoms with E-state index in [2.05, 4.69) is 13.8 Å². The summed E-state index contributed by atoms with van der Waals surface area (Å²) in [6.45, 7) is 11.3. The average molecular weight is 280 g/mol. The summed E-state index contributed by atoms with van der Waals surface area (Å²) in [5.74, 6) is 0.587. The van der Waals surface area contributed by atoms with E-state index in [1.807, 2.05) is 20.8 Å². The Labute approximate surface area is 120 Å². The van der Waals surface area contributed by atoms with Crippen molar-refractivity contribution in [2.45, 2.75) is 60.0 Å². The molecule has 4 heteroatoms. The van der Waals surface area contributed by atoms with E-state index in [-0.39, 0.29) is 5.60 Å². The van der Waals surface area contributed by atoms with Crippen molar-refractivity contribution in [1.29, 1.82) is 0 Å². The molecule has 2 N–H and O–H groups in total. The minimum Gasteiger partial charge on any atom is -0.507 e. The van der Waals surface area contributed by atoms with Crippen molar-refractivity contribution in [3.63, 3.8) is 0 Å². The SMILES string of the molecule is CC(=O)O.Cc1c(C)c2c(c(C)c1O)CCC(C)(C)O2. The van der Waals surface area contributed by atoms with Crippen molar-refractivity contribution in [3.8, 4) is 11.5 Å². The van der Waals surface area contributed by atoms with Crippen LogP contribution in [0.25, 0.3) is 0 Å². The third-order valence-corrected chi connectivity index (χ3v) is 3.70. The van der Waals surface area contributed by atoms with Gasteiger partial charge in [-0.1, -0.05) is 0 Å². The first-order valence-corrected chi connectivity index (χ1v) is 6.77. The molecule has 0 bridgehead atoms. The number of phenolic OH excluding ortho intramolecular Hbond substituents is 1. The summed E-state index contributed by atoms with van der Waals surface area (Å²) in [6.07, 6.45) is 1.99. The smallest absolute Gasteiger partial charge is 0.300 e. The molecule has 0 saturated heterocycles. The number of benzene rings is 1. The molecule has 0 saturated carbocycles. The van der Waals surface area contributed by atoms with Crippen LogP contribution in [0, 0.1) is 20.8 Å². The molecule has 1 aliphatic rings. The van der Waals surface area contributed by atoms with Gasteiger partial charge in [0.1, 0.15) is 17.1 Å². The summed E-state index contributed by atoms with van der Waals surface area (Å²) < 4.78 is 6.06. The molecule has 0 amide bonds. The van der Waals surface area contributed by atoms with Gasteiger partial charge in [-0.2, -0.15) is 0 Å². The molecule has 0 fully saturated rings. The Morgan fingerprint density at radius 1 is 1.15 bits per heavy atom. The quantitative estimate of drug-likeness (QED) is 0.763. The van der Waals surface area contributed by atoms with E-state index >= 15 is 0 Å². The van der Waals surface area contributed by atoms with Crippen LogP contribution < -0.4 is 4.74 Å². The molecule has 20 heavy (non-hydrogen) atoms. The number of aromatic hydroxyl groups is 1. The molecular formula is C16H24O4. The third-order valence-electron chi connectivity index (χ3n) is 3.70. The summed E-state index contributed by atoms with van der Waals surface area (Å²) >= 11 is 0. The Hall–Kier alpha value is -1.71. The molecule has 0 unspecified atom stereocenters. The van der Waals surface area contributed by atoms with Crippen molar-refractivity contribution >= 4 is 5.97 Å². The Balaban J connectivity index is 0.000000444. The molecule has 0 atom stereocenters. The summed E-state index contributed by atoms with van der Waals surface area (Å²) in [6, 6.07) is 0. The van der Waals surface area contributed by atoms with E-state index in [1.54, 1.807) is 0 Å². The number of hydrogen-bond acceptors (Lipinski definition) is 3. The first kappa shape index (κ1) is 16.3. The lowest BCUT2D eigenvalue weighted by molar-refractivity contribution is -0.134. The molecule has 1 aromatic rings. The topological polar surface area (TPSA) is 66.8 Å². The molecule has 0 aromatic heterocycles. The number of carboxylic acids is 1. The fraction of sp³-hybridized carbons (Fsp3) is 0.562. The summed E-state index contributed by atoms with van der Waals surface area (Å²) in [5, 5.41) is 17.4. The summed E-state index contributed by atoms with van der Waals surface area (Å²) in [4.78, 5) is 9.00. The van der Waals surface area contributed by atoms with Crippen LogP contribution in [-0.2, 0) is 11.2 Å². The van der Waals surface area contributed by atoms with Gasteiger partial charge >= 0.3 is 0 Å². The molecule has 0 aliphatic carbocycles. The molecule has 1 aromatic carbocycles. The number of rotatable bonds is 0. The van der Waals surface area contributed by atoms with E-state index in [4.69, 9.17) is 14.6 Å². The van der Waals surface area contributed by atoms with Crippen LogP contribution in [0.15, 0.2) is 0 Å². The van der Waals surface area contributed by atoms with Gasteiger partial charge in [-0.05, 0) is 64.2 Å². The molecule has 1 aliphatic heterocycles. The van der Waals surface area contributed by atoms with Crippen LogP contribution in [0.1, 0.15) is 49.4 Å². The number of hydrogen-bond donors (Lipinski definition) is 2. The lowest BCUT2D eigenvalue weighted by atomic mass is 9.88. The zero-order valence-electron chi connectivity index (χ0n) is 13.1. The number of phenols is 1. The normalized spacial score (nSPS) is 15.5. The van der Waals surface area contributed by atoms with Crippen molar-refractivity contribution in [2.24, 2.45) is 0 Å². The minimum absolute atomic E-state index is 0.0897. The van der Waals surface area contributed by atoms with Crippen LogP contribution >= 0.6 is 0 Å². The van der Waals surface area contributed by atoms with E-state index < -0.39 is 5.97 Å². The van der Waals surface area contributed by atoms with Gasteiger partial charge in [0.2, 0.25) is 0 Å². The largest absolute Gasteiger partial charge is 0.507 e. The van der Waals surface area contributed by atoms with Crippen LogP contribution in [0.4, 0.5) is 0 Å². The van der Waals surface area contributed by atoms with E-state index in [1.165, 1.54) is 5.56 Å². The van der Waals surface area contributed by atoms with Crippen LogP contribution in [-0.4, -0.2) is 21.8 Å². The Kier molecular flexibility index (Phi) is 4.69. The Bertz CT molecular complexity index is 526. The summed E-state index contributed by atoms with van der Waals surface area (Å²) in [5.41, 5.74) is 4.08. The number of carbonyl (C=O) groups is 1. The summed E-state index contributed by atoms with van der Waals surface area (Å²) in [7, 11) is 0. The number of fused-ring (bicyclic) bond motifs is 1. The Morgan fingerprint density at radius 2 is 1.65 bits per heavy atom. The van der Waals surface area contributed by atoms with Gasteiger partial charge in [-0.25, -0.2) is 0 Å². The maximum Gasteiger partial charge on any atom is 0.300 e. The third kappa shape index (κ3) is 3.44. The van der Waals surface area contributed by atoms with Gasteiger partial charge in [-0.15, -0.1) is 0 Å². The minimum atomic E-state index is -0.833. The van der Waals surface area contributed by atoms with Crippen molar-refractivity contribution in [1.82, 2.24) is 0 Å². The molecule has 0 spiro atoms. The molecule has 1 heterocycles. The van der Waals surface area contributed by atoms with Gasteiger partial charge in [0.05, 0.1) is 0 Å². The fourth-order valence-corrected chi connectivity index (χ4v) is 2.36. The highest BCUT2D eigenvalue weighted by Gasteiger charge is 2.30. The van der Waals surface area contributed by atoms with Gasteiger partial charge < -0.3 is 14.9 Å². The Morgan fingerprint density at radius 3 is 2.15 bits per heavy atom. The van der Waals surface area contributed by atoms with Crippen LogP contribution in [0.3, 0.4) is 0 Å². The monoisotopic (exact) mass is 280 g/mol. The highest BCUT2D eigenvalue weighted by Crippen LogP contribution is 2.42. The van der Waals surface area contributed by atoms with Crippen LogP contribution in [0.2, 0.25) is 0 Å². The second kappa shape index (κ2) is 5.73. The van der Waals surface area contributed by atoms with Gasteiger partial charge in [-0.3, -0.25) is 4.79 Å². The molecule has 2 rings (SSSR count). The van der Waals surface area contributed by atoms with Gasteiger partial charge in [0, 0.05) is 12.5 Å². The standard InChI is InChI=1S/C14H20O2.C2H4O2/c1-8-9(2)13-11(10(3)12(8)15)6-7-14(4,5)16-13;1-2(3)4/h15H,6-7H2,1-5H3;1H3,(H,3,4). The van der Waals surface area contributed by atoms with Crippen molar-refractivity contribution in [2.75, 3.05) is 0 Å². The number of aliphatic carboxylic acids is 1. The molecular weight excluding hydrogens is 256 g/mol. The number of carboxylic acid groups (broad SMARTS) is 1. The highest BCUT2D eigenvalue weighted by molar-refractivity contribution is 5.63. The van der Waals surface area contributed by atoms with E-state index in [0.717, 1.165) is 42.2 Å². The number of ether oxygens (including phenoxy) is 1. The second-order valence-electron chi connectivity index (χ2n) is 5.91. The predicted octanol–water partition coefficient (Wildman–Crippen LogP) is 3.51. The molecule has 112 valence electrons. The molecule has 0 radical (unpaired) electrons. The highest BCUT2D eigenvalue weighted by atomic mass is 16.5. The predicted molar refractivity (Wildman–Crippen MR) is 78.7 cm³/mol. The lowest BCUT2D eigenvalue weighted by Crippen LogP contribution is -2.33. The zero-order valence-corrected chi connectivity index (χ0v) is 13.1. The van der Waals surface area contributed by atoms with Crippen LogP contribution in [0.5, 0.6) is 11.5 Å². The maximum atomic E-state index is 10.0. The van der Waals surface area contributed by atoms with Crippen molar-refractivity contribution < 1.29 is 19.7 Å². The molecule has 4 nitrogen and oxygen atoms in total. The van der Waals surface area contributed by atoms with E-state index in [0.29, 0.717) is 5.75 Å². The fourth-order valence-electron chi connectivity index (χ4n) is 2.36. The first-order valence-electron chi connectivity index (χ1n) is 6.77.